The molecule has 17 heavy (non-hydrogen) atoms. The van der Waals surface area contributed by atoms with Gasteiger partial charge in [0.05, 0.1) is 17.4 Å². The number of nitrogens with two attached hydrogens (primary N) is 1. The lowest BCUT2D eigenvalue weighted by molar-refractivity contribution is 0.532. The van der Waals surface area contributed by atoms with Crippen molar-refractivity contribution in [3.63, 3.8) is 0 Å². The molecule has 0 radical (unpaired) electrons. The van der Waals surface area contributed by atoms with Gasteiger partial charge in [-0.05, 0) is 19.1 Å². The molecule has 0 saturated carbocycles. The number of aromatic nitrogens is 2. The van der Waals surface area contributed by atoms with E-state index in [2.05, 4.69) is 10.5 Å². The molecule has 1 unspecified atom stereocenters. The molecule has 0 aliphatic carbocycles. The van der Waals surface area contributed by atoms with Gasteiger partial charge in [-0.15, -0.1) is 0 Å². The summed E-state index contributed by atoms with van der Waals surface area (Å²) in [5.74, 6) is 5.24. The lowest BCUT2D eigenvalue weighted by Gasteiger charge is -2.17. The van der Waals surface area contributed by atoms with E-state index in [1.165, 1.54) is 6.07 Å². The molecule has 2 aromatic rings. The van der Waals surface area contributed by atoms with Gasteiger partial charge in [0.15, 0.2) is 0 Å². The van der Waals surface area contributed by atoms with Crippen molar-refractivity contribution in [3.05, 3.63) is 53.1 Å². The Kier molecular flexibility index (Phi) is 3.21. The van der Waals surface area contributed by atoms with Crippen molar-refractivity contribution >= 4 is 0 Å². The second-order valence-electron chi connectivity index (χ2n) is 3.96. The molecule has 90 valence electrons. The Morgan fingerprint density at radius 1 is 1.41 bits per heavy atom. The molecule has 5 heteroatoms. The van der Waals surface area contributed by atoms with E-state index in [-0.39, 0.29) is 5.82 Å². The maximum atomic E-state index is 13.7. The second-order valence-corrected chi connectivity index (χ2v) is 3.96. The first-order valence-corrected chi connectivity index (χ1v) is 5.34. The summed E-state index contributed by atoms with van der Waals surface area (Å²) in [6.07, 6.45) is 0. The fraction of sp³-hybridized carbons (Fsp3) is 0.250. The van der Waals surface area contributed by atoms with Crippen LogP contribution in [0.1, 0.15) is 23.0 Å². The van der Waals surface area contributed by atoms with Crippen LogP contribution >= 0.6 is 0 Å². The number of hydrogen-bond acceptors (Lipinski definition) is 3. The van der Waals surface area contributed by atoms with Crippen molar-refractivity contribution in [3.8, 4) is 0 Å². The molecule has 0 aliphatic rings. The number of nitrogens with zero attached hydrogens (tertiary/aromatic N) is 2. The van der Waals surface area contributed by atoms with Gasteiger partial charge in [-0.1, -0.05) is 18.2 Å². The fourth-order valence-electron chi connectivity index (χ4n) is 1.94. The summed E-state index contributed by atoms with van der Waals surface area (Å²) in [4.78, 5) is 0. The molecule has 3 N–H and O–H groups in total. The first-order chi connectivity index (χ1) is 8.13. The van der Waals surface area contributed by atoms with Crippen LogP contribution in [0.25, 0.3) is 0 Å². The molecular formula is C12H15FN4. The summed E-state index contributed by atoms with van der Waals surface area (Å²) in [6.45, 7) is 1.89. The largest absolute Gasteiger partial charge is 0.271 e. The van der Waals surface area contributed by atoms with Crippen molar-refractivity contribution in [2.45, 2.75) is 13.0 Å². The third-order valence-corrected chi connectivity index (χ3v) is 2.72. The van der Waals surface area contributed by atoms with E-state index in [1.807, 2.05) is 20.0 Å². The van der Waals surface area contributed by atoms with Crippen LogP contribution in [0.4, 0.5) is 4.39 Å². The molecule has 0 saturated heterocycles. The van der Waals surface area contributed by atoms with Crippen LogP contribution in [0.15, 0.2) is 30.3 Å². The van der Waals surface area contributed by atoms with Gasteiger partial charge in [-0.25, -0.2) is 9.82 Å². The van der Waals surface area contributed by atoms with Gasteiger partial charge in [0.25, 0.3) is 0 Å². The monoisotopic (exact) mass is 234 g/mol. The Hall–Kier alpha value is -1.72. The SMILES string of the molecule is Cc1cc(C(NN)c2ccccc2F)n(C)n1. The first-order valence-electron chi connectivity index (χ1n) is 5.34. The standard InChI is InChI=1S/C12H15FN4/c1-8-7-11(17(2)16-8)12(15-14)9-5-3-4-6-10(9)13/h3-7,12,15H,14H2,1-2H3. The van der Waals surface area contributed by atoms with Crippen molar-refractivity contribution in [2.24, 2.45) is 12.9 Å². The van der Waals surface area contributed by atoms with Crippen LogP contribution in [0, 0.1) is 12.7 Å². The zero-order valence-corrected chi connectivity index (χ0v) is 9.81. The molecule has 0 fully saturated rings. The highest BCUT2D eigenvalue weighted by molar-refractivity contribution is 5.29. The lowest BCUT2D eigenvalue weighted by atomic mass is 10.0. The highest BCUT2D eigenvalue weighted by Gasteiger charge is 2.19. The quantitative estimate of drug-likeness (QED) is 0.624. The topological polar surface area (TPSA) is 55.9 Å². The van der Waals surface area contributed by atoms with Gasteiger partial charge in [0, 0.05) is 12.6 Å². The highest BCUT2D eigenvalue weighted by atomic mass is 19.1. The van der Waals surface area contributed by atoms with E-state index in [4.69, 9.17) is 5.84 Å². The van der Waals surface area contributed by atoms with Gasteiger partial charge in [-0.3, -0.25) is 10.5 Å². The van der Waals surface area contributed by atoms with E-state index < -0.39 is 6.04 Å². The number of rotatable bonds is 3. The van der Waals surface area contributed by atoms with Crippen LogP contribution in [-0.2, 0) is 7.05 Å². The molecule has 0 bridgehead atoms. The summed E-state index contributed by atoms with van der Waals surface area (Å²) < 4.78 is 15.4. The normalized spacial score (nSPS) is 12.7. The molecule has 4 nitrogen and oxygen atoms in total. The maximum absolute atomic E-state index is 13.7. The zero-order valence-electron chi connectivity index (χ0n) is 9.81. The third kappa shape index (κ3) is 2.20. The van der Waals surface area contributed by atoms with E-state index in [0.717, 1.165) is 11.4 Å². The number of hydrogen-bond donors (Lipinski definition) is 2. The molecular weight excluding hydrogens is 219 g/mol. The summed E-state index contributed by atoms with van der Waals surface area (Å²) in [5.41, 5.74) is 4.84. The maximum Gasteiger partial charge on any atom is 0.128 e. The Labute approximate surface area is 99.2 Å². The minimum atomic E-state index is -0.401. The van der Waals surface area contributed by atoms with Crippen LogP contribution in [0.2, 0.25) is 0 Å². The van der Waals surface area contributed by atoms with E-state index in [9.17, 15) is 4.39 Å². The molecule has 1 aromatic heterocycles. The van der Waals surface area contributed by atoms with Crippen LogP contribution in [0.3, 0.4) is 0 Å². The van der Waals surface area contributed by atoms with Crippen molar-refractivity contribution in [1.29, 1.82) is 0 Å². The number of halogens is 1. The van der Waals surface area contributed by atoms with Crippen LogP contribution < -0.4 is 11.3 Å². The number of nitrogens with one attached hydrogen (secondary N) is 1. The highest BCUT2D eigenvalue weighted by Crippen LogP contribution is 2.23. The van der Waals surface area contributed by atoms with Gasteiger partial charge < -0.3 is 0 Å². The molecule has 0 amide bonds. The predicted octanol–water partition coefficient (Wildman–Crippen LogP) is 1.42. The fourth-order valence-corrected chi connectivity index (χ4v) is 1.94. The second kappa shape index (κ2) is 4.65. The van der Waals surface area contributed by atoms with E-state index in [0.29, 0.717) is 5.56 Å². The van der Waals surface area contributed by atoms with Crippen LogP contribution in [-0.4, -0.2) is 9.78 Å². The summed E-state index contributed by atoms with van der Waals surface area (Å²) in [5, 5.41) is 4.23. The summed E-state index contributed by atoms with van der Waals surface area (Å²) >= 11 is 0. The minimum absolute atomic E-state index is 0.283. The van der Waals surface area contributed by atoms with Crippen molar-refractivity contribution in [1.82, 2.24) is 15.2 Å². The lowest BCUT2D eigenvalue weighted by Crippen LogP contribution is -2.31. The Morgan fingerprint density at radius 3 is 2.65 bits per heavy atom. The minimum Gasteiger partial charge on any atom is -0.271 e. The third-order valence-electron chi connectivity index (χ3n) is 2.72. The number of benzene rings is 1. The van der Waals surface area contributed by atoms with E-state index in [1.54, 1.807) is 22.9 Å². The van der Waals surface area contributed by atoms with Crippen molar-refractivity contribution < 1.29 is 4.39 Å². The zero-order chi connectivity index (χ0) is 12.4. The summed E-state index contributed by atoms with van der Waals surface area (Å²) in [6, 6.07) is 8.05. The van der Waals surface area contributed by atoms with Gasteiger partial charge in [-0.2, -0.15) is 5.10 Å². The van der Waals surface area contributed by atoms with Crippen LogP contribution in [0.5, 0.6) is 0 Å². The average Bonchev–Trinajstić information content (AvgIpc) is 2.62. The number of hydrazine groups is 1. The Morgan fingerprint density at radius 2 is 2.12 bits per heavy atom. The van der Waals surface area contributed by atoms with Gasteiger partial charge in [0.1, 0.15) is 5.82 Å². The molecule has 1 heterocycles. The summed E-state index contributed by atoms with van der Waals surface area (Å²) in [7, 11) is 1.81. The Bertz CT molecular complexity index is 521. The molecule has 0 aliphatic heterocycles. The average molecular weight is 234 g/mol. The predicted molar refractivity (Wildman–Crippen MR) is 63.5 cm³/mol. The van der Waals surface area contributed by atoms with E-state index >= 15 is 0 Å². The van der Waals surface area contributed by atoms with Crippen molar-refractivity contribution in [2.75, 3.05) is 0 Å². The molecule has 0 spiro atoms. The molecule has 2 rings (SSSR count). The van der Waals surface area contributed by atoms with Gasteiger partial charge >= 0.3 is 0 Å². The Balaban J connectivity index is 2.47. The van der Waals surface area contributed by atoms with Gasteiger partial charge in [0.2, 0.25) is 0 Å². The molecule has 1 atom stereocenters. The molecule has 1 aromatic carbocycles. The first kappa shape index (κ1) is 11.8. The smallest absolute Gasteiger partial charge is 0.128 e. The number of aryl methyl sites for hydroxylation is 2.